The van der Waals surface area contributed by atoms with Crippen molar-refractivity contribution >= 4 is 33.0 Å². The predicted molar refractivity (Wildman–Crippen MR) is 68.9 cm³/mol. The summed E-state index contributed by atoms with van der Waals surface area (Å²) < 4.78 is 27.3. The van der Waals surface area contributed by atoms with E-state index < -0.39 is 23.0 Å². The number of halogens is 3. The second-order valence-corrected chi connectivity index (χ2v) is 5.59. The lowest BCUT2D eigenvalue weighted by Gasteiger charge is -2.04. The number of carbonyl (C=O) groups excluding carboxylic acids is 1. The maximum Gasteiger partial charge on any atom is 0.174 e. The van der Waals surface area contributed by atoms with Gasteiger partial charge in [-0.2, -0.15) is 0 Å². The quantitative estimate of drug-likeness (QED) is 0.630. The van der Waals surface area contributed by atoms with E-state index >= 15 is 0 Å². The van der Waals surface area contributed by atoms with Crippen molar-refractivity contribution in [1.29, 1.82) is 0 Å². The minimum atomic E-state index is -0.869. The van der Waals surface area contributed by atoms with Crippen molar-refractivity contribution in [1.82, 2.24) is 4.98 Å². The Hall–Kier alpha value is -1.14. The highest BCUT2D eigenvalue weighted by atomic mass is 79.9. The first kappa shape index (κ1) is 13.3. The molecule has 0 amide bonds. The van der Waals surface area contributed by atoms with Gasteiger partial charge in [-0.15, -0.1) is 11.3 Å². The van der Waals surface area contributed by atoms with E-state index in [9.17, 15) is 13.6 Å². The molecule has 0 unspecified atom stereocenters. The van der Waals surface area contributed by atoms with Gasteiger partial charge in [0.05, 0.1) is 27.2 Å². The van der Waals surface area contributed by atoms with E-state index in [4.69, 9.17) is 0 Å². The molecule has 0 N–H and O–H groups in total. The Bertz CT molecular complexity index is 612. The van der Waals surface area contributed by atoms with Crippen LogP contribution in [0.15, 0.2) is 22.0 Å². The molecule has 18 heavy (non-hydrogen) atoms. The molecule has 0 aliphatic heterocycles. The molecule has 0 aliphatic rings. The van der Waals surface area contributed by atoms with Gasteiger partial charge in [-0.1, -0.05) is 0 Å². The fourth-order valence-corrected chi connectivity index (χ4v) is 2.47. The minimum absolute atomic E-state index is 0.0710. The number of ketones is 1. The Morgan fingerprint density at radius 1 is 1.44 bits per heavy atom. The third kappa shape index (κ3) is 2.64. The largest absolute Gasteiger partial charge is 0.294 e. The van der Waals surface area contributed by atoms with E-state index in [1.807, 2.05) is 0 Å². The monoisotopic (exact) mass is 331 g/mol. The van der Waals surface area contributed by atoms with Gasteiger partial charge in [-0.3, -0.25) is 4.79 Å². The zero-order chi connectivity index (χ0) is 13.3. The van der Waals surface area contributed by atoms with E-state index in [1.54, 1.807) is 12.3 Å². The highest BCUT2D eigenvalue weighted by Gasteiger charge is 2.20. The topological polar surface area (TPSA) is 30.0 Å². The first-order valence-electron chi connectivity index (χ1n) is 5.06. The van der Waals surface area contributed by atoms with Crippen molar-refractivity contribution < 1.29 is 13.6 Å². The summed E-state index contributed by atoms with van der Waals surface area (Å²) in [5.74, 6) is -2.34. The van der Waals surface area contributed by atoms with E-state index in [1.165, 1.54) is 17.4 Å². The van der Waals surface area contributed by atoms with Crippen LogP contribution in [-0.4, -0.2) is 10.8 Å². The van der Waals surface area contributed by atoms with Crippen LogP contribution in [0.5, 0.6) is 0 Å². The van der Waals surface area contributed by atoms with Crippen molar-refractivity contribution in [2.24, 2.45) is 0 Å². The molecule has 0 saturated carbocycles. The van der Waals surface area contributed by atoms with E-state index in [-0.39, 0.29) is 10.9 Å². The normalized spacial score (nSPS) is 10.7. The highest BCUT2D eigenvalue weighted by molar-refractivity contribution is 9.10. The van der Waals surface area contributed by atoms with Crippen molar-refractivity contribution in [3.63, 3.8) is 0 Å². The van der Waals surface area contributed by atoms with Crippen LogP contribution >= 0.6 is 27.3 Å². The second kappa shape index (κ2) is 5.24. The highest BCUT2D eigenvalue weighted by Crippen LogP contribution is 2.23. The van der Waals surface area contributed by atoms with Crippen LogP contribution in [0.1, 0.15) is 21.1 Å². The van der Waals surface area contributed by atoms with Gasteiger partial charge in [0, 0.05) is 5.38 Å². The Kier molecular flexibility index (Phi) is 3.87. The zero-order valence-electron chi connectivity index (χ0n) is 9.34. The molecule has 1 heterocycles. The van der Waals surface area contributed by atoms with Crippen LogP contribution in [0, 0.1) is 18.6 Å². The molecule has 0 fully saturated rings. The fourth-order valence-electron chi connectivity index (χ4n) is 1.52. The molecule has 2 rings (SSSR count). The number of aromatic nitrogens is 1. The third-order valence-corrected chi connectivity index (χ3v) is 3.77. The number of benzene rings is 1. The van der Waals surface area contributed by atoms with Crippen LogP contribution in [0.3, 0.4) is 0 Å². The van der Waals surface area contributed by atoms with Gasteiger partial charge in [0.15, 0.2) is 11.6 Å². The lowest BCUT2D eigenvalue weighted by molar-refractivity contribution is 0.0984. The van der Waals surface area contributed by atoms with E-state index in [0.717, 1.165) is 11.1 Å². The predicted octanol–water partition coefficient (Wildman–Crippen LogP) is 3.92. The molecule has 0 aliphatic carbocycles. The molecule has 0 atom stereocenters. The van der Waals surface area contributed by atoms with Crippen LogP contribution in [0.4, 0.5) is 8.78 Å². The fraction of sp³-hybridized carbons (Fsp3) is 0.167. The van der Waals surface area contributed by atoms with Crippen molar-refractivity contribution in [2.75, 3.05) is 0 Å². The number of hydrogen-bond acceptors (Lipinski definition) is 3. The zero-order valence-corrected chi connectivity index (χ0v) is 11.7. The first-order valence-corrected chi connectivity index (χ1v) is 6.74. The van der Waals surface area contributed by atoms with E-state index in [0.29, 0.717) is 5.69 Å². The molecular formula is C12H8BrF2NOS. The van der Waals surface area contributed by atoms with Crippen molar-refractivity contribution in [3.05, 3.63) is 49.9 Å². The Morgan fingerprint density at radius 3 is 2.78 bits per heavy atom. The summed E-state index contributed by atoms with van der Waals surface area (Å²) in [4.78, 5) is 16.0. The van der Waals surface area contributed by atoms with Gasteiger partial charge < -0.3 is 0 Å². The van der Waals surface area contributed by atoms with Crippen LogP contribution in [0.25, 0.3) is 0 Å². The van der Waals surface area contributed by atoms with Crippen molar-refractivity contribution in [3.8, 4) is 0 Å². The Labute approximate surface area is 115 Å². The molecule has 0 spiro atoms. The molecular weight excluding hydrogens is 324 g/mol. The van der Waals surface area contributed by atoms with Gasteiger partial charge >= 0.3 is 0 Å². The molecule has 2 nitrogen and oxygen atoms in total. The number of hydrogen-bond donors (Lipinski definition) is 0. The SMILES string of the molecule is Cc1nc(CC(=O)c2c(F)ccc(Br)c2F)cs1. The lowest BCUT2D eigenvalue weighted by Crippen LogP contribution is -2.09. The molecule has 2 aromatic rings. The summed E-state index contributed by atoms with van der Waals surface area (Å²) in [5, 5.41) is 2.52. The number of nitrogens with zero attached hydrogens (tertiary/aromatic N) is 1. The first-order chi connectivity index (χ1) is 8.49. The van der Waals surface area contributed by atoms with Crippen LogP contribution < -0.4 is 0 Å². The second-order valence-electron chi connectivity index (χ2n) is 3.68. The lowest BCUT2D eigenvalue weighted by atomic mass is 10.1. The maximum absolute atomic E-state index is 13.7. The summed E-state index contributed by atoms with van der Waals surface area (Å²) in [7, 11) is 0. The Balaban J connectivity index is 2.32. The standard InChI is InChI=1S/C12H8BrF2NOS/c1-6-16-7(5-18-6)4-10(17)11-9(14)3-2-8(13)12(11)15/h2-3,5H,4H2,1H3. The molecule has 0 saturated heterocycles. The molecule has 6 heteroatoms. The Morgan fingerprint density at radius 2 is 2.17 bits per heavy atom. The van der Waals surface area contributed by atoms with E-state index in [2.05, 4.69) is 20.9 Å². The van der Waals surface area contributed by atoms with Gasteiger partial charge in [0.25, 0.3) is 0 Å². The molecule has 0 bridgehead atoms. The van der Waals surface area contributed by atoms with Gasteiger partial charge in [0.2, 0.25) is 0 Å². The summed E-state index contributed by atoms with van der Waals surface area (Å²) >= 11 is 4.32. The van der Waals surface area contributed by atoms with Crippen LogP contribution in [0.2, 0.25) is 0 Å². The summed E-state index contributed by atoms with van der Waals surface area (Å²) in [5.41, 5.74) is 0.0105. The average Bonchev–Trinajstić information content (AvgIpc) is 2.70. The minimum Gasteiger partial charge on any atom is -0.294 e. The number of rotatable bonds is 3. The van der Waals surface area contributed by atoms with Gasteiger partial charge in [-0.05, 0) is 35.0 Å². The van der Waals surface area contributed by atoms with Gasteiger partial charge in [0.1, 0.15) is 5.82 Å². The van der Waals surface area contributed by atoms with Gasteiger partial charge in [-0.25, -0.2) is 13.8 Å². The number of thiazole rings is 1. The summed E-state index contributed by atoms with van der Waals surface area (Å²) in [6, 6.07) is 2.29. The smallest absolute Gasteiger partial charge is 0.174 e. The molecule has 1 aromatic carbocycles. The molecule has 1 aromatic heterocycles. The summed E-state index contributed by atoms with van der Waals surface area (Å²) in [6.07, 6.45) is -0.103. The molecule has 94 valence electrons. The van der Waals surface area contributed by atoms with Crippen LogP contribution in [-0.2, 0) is 6.42 Å². The summed E-state index contributed by atoms with van der Waals surface area (Å²) in [6.45, 7) is 1.80. The number of Topliss-reactive ketones (excluding diaryl/α,β-unsaturated/α-hetero) is 1. The molecule has 0 radical (unpaired) electrons. The number of carbonyl (C=O) groups is 1. The number of aryl methyl sites for hydroxylation is 1. The van der Waals surface area contributed by atoms with Crippen molar-refractivity contribution in [2.45, 2.75) is 13.3 Å². The maximum atomic E-state index is 13.7. The average molecular weight is 332 g/mol. The third-order valence-electron chi connectivity index (χ3n) is 2.33.